The molecule has 4 nitrogen and oxygen atoms in total. The molecular formula is C12H10F2N2O2S. The Hall–Kier alpha value is -2.15. The topological polar surface area (TPSA) is 72.2 Å². The van der Waals surface area contributed by atoms with E-state index in [4.69, 9.17) is 5.73 Å². The molecular weight excluding hydrogens is 274 g/mol. The first kappa shape index (κ1) is 13.3. The molecule has 2 aromatic carbocycles. The predicted octanol–water partition coefficient (Wildman–Crippen LogP) is 2.35. The van der Waals surface area contributed by atoms with E-state index in [1.165, 1.54) is 24.3 Å². The summed E-state index contributed by atoms with van der Waals surface area (Å²) in [6, 6.07) is 7.99. The maximum atomic E-state index is 13.4. The summed E-state index contributed by atoms with van der Waals surface area (Å²) in [7, 11) is -4.01. The Kier molecular flexibility index (Phi) is 3.39. The van der Waals surface area contributed by atoms with Crippen LogP contribution in [0.2, 0.25) is 0 Å². The van der Waals surface area contributed by atoms with Crippen molar-refractivity contribution >= 4 is 21.4 Å². The zero-order valence-corrected chi connectivity index (χ0v) is 10.4. The van der Waals surface area contributed by atoms with Crippen LogP contribution in [0, 0.1) is 11.6 Å². The minimum absolute atomic E-state index is 0.129. The zero-order valence-electron chi connectivity index (χ0n) is 9.60. The smallest absolute Gasteiger partial charge is 0.262 e. The summed E-state index contributed by atoms with van der Waals surface area (Å²) >= 11 is 0. The van der Waals surface area contributed by atoms with Gasteiger partial charge in [-0.1, -0.05) is 6.07 Å². The highest BCUT2D eigenvalue weighted by molar-refractivity contribution is 7.92. The third-order valence-electron chi connectivity index (χ3n) is 2.34. The Morgan fingerprint density at radius 2 is 1.79 bits per heavy atom. The molecule has 0 bridgehead atoms. The fourth-order valence-electron chi connectivity index (χ4n) is 1.46. The monoisotopic (exact) mass is 284 g/mol. The standard InChI is InChI=1S/C12H10F2N2O2S/c13-8-4-5-11(14)12(6-8)16-19(17,18)10-3-1-2-9(15)7-10/h1-7,16H,15H2. The highest BCUT2D eigenvalue weighted by Crippen LogP contribution is 2.21. The SMILES string of the molecule is Nc1cccc(S(=O)(=O)Nc2cc(F)ccc2F)c1. The minimum atomic E-state index is -4.01. The van der Waals surface area contributed by atoms with Crippen LogP contribution >= 0.6 is 0 Å². The molecule has 3 N–H and O–H groups in total. The number of hydrogen-bond acceptors (Lipinski definition) is 3. The molecule has 0 amide bonds. The van der Waals surface area contributed by atoms with Gasteiger partial charge in [0.2, 0.25) is 0 Å². The summed E-state index contributed by atoms with van der Waals surface area (Å²) in [6.07, 6.45) is 0. The Balaban J connectivity index is 2.39. The van der Waals surface area contributed by atoms with E-state index in [0.717, 1.165) is 18.2 Å². The lowest BCUT2D eigenvalue weighted by molar-refractivity contribution is 0.594. The molecule has 2 rings (SSSR count). The number of nitrogens with one attached hydrogen (secondary N) is 1. The molecule has 0 radical (unpaired) electrons. The van der Waals surface area contributed by atoms with Gasteiger partial charge in [-0.15, -0.1) is 0 Å². The third-order valence-corrected chi connectivity index (χ3v) is 3.70. The molecule has 100 valence electrons. The number of hydrogen-bond donors (Lipinski definition) is 2. The fraction of sp³-hybridized carbons (Fsp3) is 0. The average molecular weight is 284 g/mol. The maximum Gasteiger partial charge on any atom is 0.262 e. The molecule has 19 heavy (non-hydrogen) atoms. The van der Waals surface area contributed by atoms with E-state index in [-0.39, 0.29) is 10.6 Å². The molecule has 0 atom stereocenters. The number of rotatable bonds is 3. The molecule has 0 spiro atoms. The van der Waals surface area contributed by atoms with Gasteiger partial charge in [0.25, 0.3) is 10.0 Å². The van der Waals surface area contributed by atoms with Crippen LogP contribution in [0.4, 0.5) is 20.2 Å². The number of sulfonamides is 1. The summed E-state index contributed by atoms with van der Waals surface area (Å²) in [5.41, 5.74) is 5.27. The second-order valence-corrected chi connectivity index (χ2v) is 5.48. The van der Waals surface area contributed by atoms with E-state index in [0.29, 0.717) is 0 Å². The first-order chi connectivity index (χ1) is 8.88. The van der Waals surface area contributed by atoms with Gasteiger partial charge in [-0.3, -0.25) is 4.72 Å². The van der Waals surface area contributed by atoms with Crippen LogP contribution in [0.1, 0.15) is 0 Å². The van der Waals surface area contributed by atoms with Crippen molar-refractivity contribution in [2.75, 3.05) is 10.5 Å². The van der Waals surface area contributed by atoms with Crippen molar-refractivity contribution in [1.82, 2.24) is 0 Å². The van der Waals surface area contributed by atoms with Crippen molar-refractivity contribution in [2.24, 2.45) is 0 Å². The van der Waals surface area contributed by atoms with Gasteiger partial charge < -0.3 is 5.73 Å². The molecule has 0 aliphatic carbocycles. The first-order valence-corrected chi connectivity index (χ1v) is 6.70. The van der Waals surface area contributed by atoms with Gasteiger partial charge in [0, 0.05) is 11.8 Å². The fourth-order valence-corrected chi connectivity index (χ4v) is 2.57. The average Bonchev–Trinajstić information content (AvgIpc) is 2.33. The van der Waals surface area contributed by atoms with Crippen molar-refractivity contribution in [1.29, 1.82) is 0 Å². The van der Waals surface area contributed by atoms with Gasteiger partial charge >= 0.3 is 0 Å². The van der Waals surface area contributed by atoms with Crippen molar-refractivity contribution in [3.05, 3.63) is 54.1 Å². The Bertz CT molecular complexity index is 717. The van der Waals surface area contributed by atoms with Crippen LogP contribution in [0.15, 0.2) is 47.4 Å². The summed E-state index contributed by atoms with van der Waals surface area (Å²) in [6.45, 7) is 0. The van der Waals surface area contributed by atoms with Crippen molar-refractivity contribution in [3.63, 3.8) is 0 Å². The lowest BCUT2D eigenvalue weighted by atomic mass is 10.3. The maximum absolute atomic E-state index is 13.4. The van der Waals surface area contributed by atoms with E-state index in [1.54, 1.807) is 0 Å². The molecule has 0 unspecified atom stereocenters. The Morgan fingerprint density at radius 3 is 2.47 bits per heavy atom. The van der Waals surface area contributed by atoms with Gasteiger partial charge in [-0.25, -0.2) is 17.2 Å². The molecule has 0 fully saturated rings. The summed E-state index contributed by atoms with van der Waals surface area (Å²) in [4.78, 5) is -0.129. The number of benzene rings is 2. The summed E-state index contributed by atoms with van der Waals surface area (Å²) in [5.74, 6) is -1.61. The lowest BCUT2D eigenvalue weighted by Crippen LogP contribution is -2.14. The van der Waals surface area contributed by atoms with E-state index < -0.39 is 27.3 Å². The highest BCUT2D eigenvalue weighted by atomic mass is 32.2. The van der Waals surface area contributed by atoms with E-state index >= 15 is 0 Å². The second-order valence-electron chi connectivity index (χ2n) is 3.80. The van der Waals surface area contributed by atoms with Gasteiger partial charge in [-0.05, 0) is 30.3 Å². The normalized spacial score (nSPS) is 11.3. The van der Waals surface area contributed by atoms with Crippen LogP contribution < -0.4 is 10.5 Å². The third kappa shape index (κ3) is 3.00. The number of halogens is 2. The van der Waals surface area contributed by atoms with Crippen LogP contribution in [0.5, 0.6) is 0 Å². The Morgan fingerprint density at radius 1 is 1.05 bits per heavy atom. The van der Waals surface area contributed by atoms with Gasteiger partial charge in [-0.2, -0.15) is 0 Å². The predicted molar refractivity (Wildman–Crippen MR) is 68.0 cm³/mol. The minimum Gasteiger partial charge on any atom is -0.399 e. The molecule has 0 aliphatic heterocycles. The number of anilines is 2. The quantitative estimate of drug-likeness (QED) is 0.850. The first-order valence-electron chi connectivity index (χ1n) is 5.22. The van der Waals surface area contributed by atoms with E-state index in [9.17, 15) is 17.2 Å². The van der Waals surface area contributed by atoms with Crippen molar-refractivity contribution < 1.29 is 17.2 Å². The molecule has 0 saturated heterocycles. The molecule has 0 heterocycles. The lowest BCUT2D eigenvalue weighted by Gasteiger charge is -2.09. The van der Waals surface area contributed by atoms with Gasteiger partial charge in [0.05, 0.1) is 10.6 Å². The van der Waals surface area contributed by atoms with Crippen LogP contribution in [-0.4, -0.2) is 8.42 Å². The van der Waals surface area contributed by atoms with E-state index in [1.807, 2.05) is 4.72 Å². The van der Waals surface area contributed by atoms with Gasteiger partial charge in [0.15, 0.2) is 0 Å². The van der Waals surface area contributed by atoms with Crippen LogP contribution in [0.25, 0.3) is 0 Å². The number of nitrogens with two attached hydrogens (primary N) is 1. The molecule has 7 heteroatoms. The Labute approximate surface area is 108 Å². The van der Waals surface area contributed by atoms with E-state index in [2.05, 4.69) is 0 Å². The zero-order chi connectivity index (χ0) is 14.0. The molecule has 0 aromatic heterocycles. The van der Waals surface area contributed by atoms with Gasteiger partial charge in [0.1, 0.15) is 11.6 Å². The summed E-state index contributed by atoms with van der Waals surface area (Å²) in [5, 5.41) is 0. The second kappa shape index (κ2) is 4.85. The van der Waals surface area contributed by atoms with Crippen LogP contribution in [-0.2, 0) is 10.0 Å². The van der Waals surface area contributed by atoms with Crippen LogP contribution in [0.3, 0.4) is 0 Å². The molecule has 0 saturated carbocycles. The molecule has 0 aliphatic rings. The largest absolute Gasteiger partial charge is 0.399 e. The number of nitrogen functional groups attached to an aromatic ring is 1. The molecule has 2 aromatic rings. The van der Waals surface area contributed by atoms with Crippen molar-refractivity contribution in [3.8, 4) is 0 Å². The highest BCUT2D eigenvalue weighted by Gasteiger charge is 2.16. The van der Waals surface area contributed by atoms with Crippen molar-refractivity contribution in [2.45, 2.75) is 4.90 Å². The summed E-state index contributed by atoms with van der Waals surface area (Å²) < 4.78 is 52.2.